The monoisotopic (exact) mass is 260 g/mol. The van der Waals surface area contributed by atoms with Gasteiger partial charge in [0.2, 0.25) is 0 Å². The van der Waals surface area contributed by atoms with Gasteiger partial charge in [-0.2, -0.15) is 0 Å². The van der Waals surface area contributed by atoms with Crippen molar-refractivity contribution in [3.63, 3.8) is 0 Å². The van der Waals surface area contributed by atoms with Crippen molar-refractivity contribution >= 4 is 15.9 Å². The molecule has 0 aromatic rings. The van der Waals surface area contributed by atoms with E-state index in [1.54, 1.807) is 0 Å². The lowest BCUT2D eigenvalue weighted by molar-refractivity contribution is 0.0942. The van der Waals surface area contributed by atoms with E-state index in [0.29, 0.717) is 0 Å². The standard InChI is InChI=1S/C11H21BrN2/c1-13(6-5-12)11-7-9-3-4-10(8-11)14(9)2/h9-11H,3-8H2,1-2H3. The molecule has 0 N–H and O–H groups in total. The molecule has 2 rings (SSSR count). The fourth-order valence-electron chi connectivity index (χ4n) is 3.06. The summed E-state index contributed by atoms with van der Waals surface area (Å²) < 4.78 is 0. The zero-order valence-electron chi connectivity index (χ0n) is 9.25. The molecule has 2 bridgehead atoms. The summed E-state index contributed by atoms with van der Waals surface area (Å²) in [7, 11) is 4.58. The molecule has 14 heavy (non-hydrogen) atoms. The van der Waals surface area contributed by atoms with Crippen LogP contribution in [-0.2, 0) is 0 Å². The van der Waals surface area contributed by atoms with Crippen molar-refractivity contribution in [2.75, 3.05) is 26.0 Å². The van der Waals surface area contributed by atoms with E-state index in [0.717, 1.165) is 23.5 Å². The van der Waals surface area contributed by atoms with Gasteiger partial charge < -0.3 is 9.80 Å². The fourth-order valence-corrected chi connectivity index (χ4v) is 3.62. The van der Waals surface area contributed by atoms with Crippen LogP contribution in [0, 0.1) is 0 Å². The van der Waals surface area contributed by atoms with Gasteiger partial charge in [0, 0.05) is 30.0 Å². The topological polar surface area (TPSA) is 6.48 Å². The second-order valence-electron chi connectivity index (χ2n) is 4.85. The molecule has 0 aromatic carbocycles. The van der Waals surface area contributed by atoms with E-state index in [9.17, 15) is 0 Å². The highest BCUT2D eigenvalue weighted by molar-refractivity contribution is 9.09. The Bertz CT molecular complexity index is 184. The van der Waals surface area contributed by atoms with Gasteiger partial charge >= 0.3 is 0 Å². The van der Waals surface area contributed by atoms with Crippen LogP contribution in [-0.4, -0.2) is 53.9 Å². The molecular formula is C11H21BrN2. The van der Waals surface area contributed by atoms with E-state index in [2.05, 4.69) is 39.8 Å². The maximum Gasteiger partial charge on any atom is 0.0159 e. The molecule has 2 atom stereocenters. The third kappa shape index (κ3) is 2.00. The summed E-state index contributed by atoms with van der Waals surface area (Å²) in [5.41, 5.74) is 0. The van der Waals surface area contributed by atoms with Gasteiger partial charge in [0.05, 0.1) is 0 Å². The molecular weight excluding hydrogens is 240 g/mol. The molecule has 0 aliphatic carbocycles. The second-order valence-corrected chi connectivity index (χ2v) is 5.64. The van der Waals surface area contributed by atoms with Crippen LogP contribution >= 0.6 is 15.9 Å². The maximum atomic E-state index is 3.52. The Kier molecular flexibility index (Phi) is 3.50. The van der Waals surface area contributed by atoms with Crippen molar-refractivity contribution < 1.29 is 0 Å². The minimum Gasteiger partial charge on any atom is -0.302 e. The molecule has 2 aliphatic heterocycles. The number of fused-ring (bicyclic) bond motifs is 2. The molecule has 0 radical (unpaired) electrons. The van der Waals surface area contributed by atoms with E-state index in [1.165, 1.54) is 32.2 Å². The predicted molar refractivity (Wildman–Crippen MR) is 64.0 cm³/mol. The van der Waals surface area contributed by atoms with Crippen molar-refractivity contribution in [1.29, 1.82) is 0 Å². The van der Waals surface area contributed by atoms with Crippen molar-refractivity contribution in [2.24, 2.45) is 0 Å². The normalized spacial score (nSPS) is 38.1. The second kappa shape index (κ2) is 4.50. The third-order valence-electron chi connectivity index (χ3n) is 4.13. The van der Waals surface area contributed by atoms with Crippen LogP contribution in [0.2, 0.25) is 0 Å². The van der Waals surface area contributed by atoms with Crippen LogP contribution in [0.5, 0.6) is 0 Å². The van der Waals surface area contributed by atoms with E-state index < -0.39 is 0 Å². The van der Waals surface area contributed by atoms with E-state index in [4.69, 9.17) is 0 Å². The van der Waals surface area contributed by atoms with Crippen molar-refractivity contribution in [1.82, 2.24) is 9.80 Å². The molecule has 82 valence electrons. The molecule has 2 saturated heterocycles. The number of hydrogen-bond acceptors (Lipinski definition) is 2. The molecule has 2 nitrogen and oxygen atoms in total. The van der Waals surface area contributed by atoms with Crippen LogP contribution in [0.3, 0.4) is 0 Å². The van der Waals surface area contributed by atoms with Gasteiger partial charge in [0.1, 0.15) is 0 Å². The Hall–Kier alpha value is 0.400. The fraction of sp³-hybridized carbons (Fsp3) is 1.00. The molecule has 0 saturated carbocycles. The largest absolute Gasteiger partial charge is 0.302 e. The summed E-state index contributed by atoms with van der Waals surface area (Å²) in [5, 5.41) is 1.10. The SMILES string of the molecule is CN(CCBr)C1CC2CCC(C1)N2C. The average Bonchev–Trinajstić information content (AvgIpc) is 2.42. The first kappa shape index (κ1) is 10.9. The number of nitrogens with zero attached hydrogens (tertiary/aromatic N) is 2. The zero-order valence-corrected chi connectivity index (χ0v) is 10.8. The van der Waals surface area contributed by atoms with E-state index in [1.807, 2.05) is 0 Å². The molecule has 0 spiro atoms. The van der Waals surface area contributed by atoms with Crippen LogP contribution < -0.4 is 0 Å². The first-order chi connectivity index (χ1) is 6.72. The van der Waals surface area contributed by atoms with E-state index in [-0.39, 0.29) is 0 Å². The highest BCUT2D eigenvalue weighted by Crippen LogP contribution is 2.35. The zero-order chi connectivity index (χ0) is 10.1. The lowest BCUT2D eigenvalue weighted by Crippen LogP contribution is -2.48. The maximum absolute atomic E-state index is 3.52. The Morgan fingerprint density at radius 1 is 1.29 bits per heavy atom. The number of hydrogen-bond donors (Lipinski definition) is 0. The smallest absolute Gasteiger partial charge is 0.0159 e. The lowest BCUT2D eigenvalue weighted by Gasteiger charge is -2.40. The Morgan fingerprint density at radius 2 is 1.86 bits per heavy atom. The quantitative estimate of drug-likeness (QED) is 0.716. The van der Waals surface area contributed by atoms with Gasteiger partial charge in [-0.3, -0.25) is 0 Å². The number of rotatable bonds is 3. The molecule has 2 unspecified atom stereocenters. The summed E-state index contributed by atoms with van der Waals surface area (Å²) in [6, 6.07) is 2.58. The molecule has 3 heteroatoms. The Morgan fingerprint density at radius 3 is 2.36 bits per heavy atom. The lowest BCUT2D eigenvalue weighted by atomic mass is 9.97. The van der Waals surface area contributed by atoms with Crippen molar-refractivity contribution in [2.45, 2.75) is 43.8 Å². The first-order valence-electron chi connectivity index (χ1n) is 5.70. The van der Waals surface area contributed by atoms with Gasteiger partial charge in [-0.1, -0.05) is 15.9 Å². The van der Waals surface area contributed by atoms with E-state index >= 15 is 0 Å². The summed E-state index contributed by atoms with van der Waals surface area (Å²) in [4.78, 5) is 5.14. The molecule has 2 aliphatic rings. The third-order valence-corrected chi connectivity index (χ3v) is 4.49. The highest BCUT2D eigenvalue weighted by atomic mass is 79.9. The Balaban J connectivity index is 1.92. The number of alkyl halides is 1. The molecule has 0 amide bonds. The minimum absolute atomic E-state index is 0.834. The molecule has 2 heterocycles. The van der Waals surface area contributed by atoms with Crippen LogP contribution in [0.4, 0.5) is 0 Å². The summed E-state index contributed by atoms with van der Waals surface area (Å²) >= 11 is 3.52. The molecule has 0 aromatic heterocycles. The van der Waals surface area contributed by atoms with Crippen LogP contribution in [0.25, 0.3) is 0 Å². The van der Waals surface area contributed by atoms with Crippen LogP contribution in [0.15, 0.2) is 0 Å². The minimum atomic E-state index is 0.834. The Labute approximate surface area is 95.8 Å². The van der Waals surface area contributed by atoms with Crippen molar-refractivity contribution in [3.8, 4) is 0 Å². The average molecular weight is 261 g/mol. The number of piperidine rings is 1. The summed E-state index contributed by atoms with van der Waals surface area (Å²) in [6.45, 7) is 1.19. The predicted octanol–water partition coefficient (Wildman–Crippen LogP) is 1.94. The van der Waals surface area contributed by atoms with Crippen molar-refractivity contribution in [3.05, 3.63) is 0 Å². The van der Waals surface area contributed by atoms with Gasteiger partial charge in [0.15, 0.2) is 0 Å². The first-order valence-corrected chi connectivity index (χ1v) is 6.82. The van der Waals surface area contributed by atoms with Crippen LogP contribution in [0.1, 0.15) is 25.7 Å². The van der Waals surface area contributed by atoms with Gasteiger partial charge in [0.25, 0.3) is 0 Å². The summed E-state index contributed by atoms with van der Waals surface area (Å²) in [6.07, 6.45) is 5.63. The van der Waals surface area contributed by atoms with Gasteiger partial charge in [-0.25, -0.2) is 0 Å². The highest BCUT2D eigenvalue weighted by Gasteiger charge is 2.39. The number of halogens is 1. The van der Waals surface area contributed by atoms with Gasteiger partial charge in [-0.05, 0) is 39.8 Å². The molecule has 2 fully saturated rings. The van der Waals surface area contributed by atoms with Gasteiger partial charge in [-0.15, -0.1) is 0 Å². The summed E-state index contributed by atoms with van der Waals surface area (Å²) in [5.74, 6) is 0.